The first-order chi connectivity index (χ1) is 15.4. The summed E-state index contributed by atoms with van der Waals surface area (Å²) in [6, 6.07) is 20.9. The molecule has 2 atom stereocenters. The van der Waals surface area contributed by atoms with Crippen molar-refractivity contribution in [2.24, 2.45) is 0 Å². The third-order valence-corrected chi connectivity index (χ3v) is 6.26. The molecule has 0 bridgehead atoms. The van der Waals surface area contributed by atoms with Gasteiger partial charge in [-0.2, -0.15) is 0 Å². The smallest absolute Gasteiger partial charge is 0.325 e. The van der Waals surface area contributed by atoms with Crippen LogP contribution in [0.1, 0.15) is 11.6 Å². The number of ether oxygens (including phenoxy) is 1. The molecule has 2 unspecified atom stereocenters. The van der Waals surface area contributed by atoms with Crippen LogP contribution in [0.4, 0.5) is 10.5 Å². The van der Waals surface area contributed by atoms with E-state index in [1.165, 1.54) is 0 Å². The summed E-state index contributed by atoms with van der Waals surface area (Å²) in [5, 5.41) is 10.6. The van der Waals surface area contributed by atoms with E-state index < -0.39 is 10.8 Å². The van der Waals surface area contributed by atoms with Crippen molar-refractivity contribution >= 4 is 34.1 Å². The summed E-state index contributed by atoms with van der Waals surface area (Å²) in [6.45, 7) is 0.855. The number of hydrogen-bond acceptors (Lipinski definition) is 4. The highest BCUT2D eigenvalue weighted by atomic mass is 35.5. The lowest BCUT2D eigenvalue weighted by Gasteiger charge is -2.24. The van der Waals surface area contributed by atoms with E-state index in [4.69, 9.17) is 16.3 Å². The highest BCUT2D eigenvalue weighted by Gasteiger charge is 2.39. The molecule has 32 heavy (non-hydrogen) atoms. The Morgan fingerprint density at radius 1 is 1.06 bits per heavy atom. The Morgan fingerprint density at radius 2 is 1.72 bits per heavy atom. The summed E-state index contributed by atoms with van der Waals surface area (Å²) >= 11 is 5.92. The van der Waals surface area contributed by atoms with Gasteiger partial charge in [-0.25, -0.2) is 4.79 Å². The molecule has 1 heterocycles. The van der Waals surface area contributed by atoms with Gasteiger partial charge in [0.1, 0.15) is 17.2 Å². The quantitative estimate of drug-likeness (QED) is 0.515. The molecule has 0 saturated carbocycles. The second kappa shape index (κ2) is 9.63. The van der Waals surface area contributed by atoms with Crippen molar-refractivity contribution in [2.75, 3.05) is 30.0 Å². The molecule has 0 spiro atoms. The number of phenols is 1. The number of aromatic hydroxyl groups is 1. The Kier molecular flexibility index (Phi) is 6.67. The van der Waals surface area contributed by atoms with Gasteiger partial charge in [0.2, 0.25) is 0 Å². The van der Waals surface area contributed by atoms with Crippen molar-refractivity contribution in [1.82, 2.24) is 4.90 Å². The number of nitrogens with zero attached hydrogens (tertiary/aromatic N) is 2. The summed E-state index contributed by atoms with van der Waals surface area (Å²) in [6.07, 6.45) is 1.63. The number of hydrogen-bond donors (Lipinski definition) is 1. The van der Waals surface area contributed by atoms with E-state index in [9.17, 15) is 14.1 Å². The van der Waals surface area contributed by atoms with E-state index in [0.29, 0.717) is 41.1 Å². The summed E-state index contributed by atoms with van der Waals surface area (Å²) < 4.78 is 17.4. The van der Waals surface area contributed by atoms with Gasteiger partial charge in [0.25, 0.3) is 0 Å². The highest BCUT2D eigenvalue weighted by Crippen LogP contribution is 2.36. The molecule has 3 aromatic carbocycles. The lowest BCUT2D eigenvalue weighted by molar-refractivity contribution is 0.223. The van der Waals surface area contributed by atoms with Crippen LogP contribution in [-0.2, 0) is 10.8 Å². The van der Waals surface area contributed by atoms with E-state index in [1.807, 2.05) is 18.2 Å². The fourth-order valence-corrected chi connectivity index (χ4v) is 4.27. The van der Waals surface area contributed by atoms with E-state index in [-0.39, 0.29) is 17.8 Å². The normalized spacial score (nSPS) is 16.9. The molecular weight excluding hydrogens is 448 g/mol. The van der Waals surface area contributed by atoms with Gasteiger partial charge in [-0.05, 0) is 66.2 Å². The third kappa shape index (κ3) is 5.06. The van der Waals surface area contributed by atoms with Crippen LogP contribution in [-0.4, -0.2) is 45.3 Å². The second-order valence-electron chi connectivity index (χ2n) is 7.54. The zero-order chi connectivity index (χ0) is 22.7. The summed E-state index contributed by atoms with van der Waals surface area (Å²) in [7, 11) is -0.993. The third-order valence-electron chi connectivity index (χ3n) is 5.25. The Bertz CT molecular complexity index is 1120. The molecule has 2 amide bonds. The van der Waals surface area contributed by atoms with Crippen LogP contribution in [0.25, 0.3) is 0 Å². The number of carbonyl (C=O) groups excluding carboxylic acids is 1. The topological polar surface area (TPSA) is 70.1 Å². The fourth-order valence-electron chi connectivity index (χ4n) is 3.67. The predicted octanol–water partition coefficient (Wildman–Crippen LogP) is 5.20. The van der Waals surface area contributed by atoms with Gasteiger partial charge in [0.15, 0.2) is 0 Å². The molecule has 1 aliphatic heterocycles. The van der Waals surface area contributed by atoms with Crippen LogP contribution in [0.2, 0.25) is 5.02 Å². The van der Waals surface area contributed by atoms with Crippen molar-refractivity contribution < 1.29 is 18.8 Å². The molecule has 4 rings (SSSR count). The molecule has 6 nitrogen and oxygen atoms in total. The molecule has 1 N–H and O–H groups in total. The molecule has 1 aliphatic rings. The number of rotatable bonds is 7. The highest BCUT2D eigenvalue weighted by molar-refractivity contribution is 7.84. The Balaban J connectivity index is 1.59. The molecular formula is C24H23ClN2O4S. The van der Waals surface area contributed by atoms with Crippen molar-refractivity contribution in [3.8, 4) is 17.2 Å². The number of urea groups is 1. The van der Waals surface area contributed by atoms with Gasteiger partial charge in [0, 0.05) is 46.6 Å². The Hall–Kier alpha value is -3.03. The van der Waals surface area contributed by atoms with E-state index in [1.54, 1.807) is 70.7 Å². The number of amides is 2. The molecule has 0 aliphatic carbocycles. The van der Waals surface area contributed by atoms with Gasteiger partial charge in [-0.15, -0.1) is 0 Å². The second-order valence-corrected chi connectivity index (χ2v) is 9.53. The van der Waals surface area contributed by atoms with E-state index >= 15 is 0 Å². The molecule has 0 aromatic heterocycles. The molecule has 1 fully saturated rings. The maximum Gasteiger partial charge on any atom is 0.325 e. The fraction of sp³-hybridized carbons (Fsp3) is 0.208. The molecule has 1 saturated heterocycles. The molecule has 0 radical (unpaired) electrons. The predicted molar refractivity (Wildman–Crippen MR) is 127 cm³/mol. The minimum atomic E-state index is -0.993. The summed E-state index contributed by atoms with van der Waals surface area (Å²) in [5.74, 6) is 1.86. The van der Waals surface area contributed by atoms with Crippen molar-refractivity contribution in [1.29, 1.82) is 0 Å². The van der Waals surface area contributed by atoms with Crippen molar-refractivity contribution in [3.63, 3.8) is 0 Å². The lowest BCUT2D eigenvalue weighted by Crippen LogP contribution is -2.34. The number of anilines is 1. The SMILES string of the molecule is CS(=O)CCN1CC(c2cccc(O)c2)N(c2ccc(Oc3ccc(Cl)cc3)cc2)C1=O. The van der Waals surface area contributed by atoms with Crippen LogP contribution >= 0.6 is 11.6 Å². The Morgan fingerprint density at radius 3 is 2.34 bits per heavy atom. The number of benzene rings is 3. The average Bonchev–Trinajstić information content (AvgIpc) is 3.11. The van der Waals surface area contributed by atoms with E-state index in [2.05, 4.69) is 0 Å². The summed E-state index contributed by atoms with van der Waals surface area (Å²) in [4.78, 5) is 16.7. The van der Waals surface area contributed by atoms with Gasteiger partial charge in [0.05, 0.1) is 6.04 Å². The molecule has 166 valence electrons. The first-order valence-corrected chi connectivity index (χ1v) is 12.2. The zero-order valence-electron chi connectivity index (χ0n) is 17.5. The van der Waals surface area contributed by atoms with Crippen molar-refractivity contribution in [2.45, 2.75) is 6.04 Å². The zero-order valence-corrected chi connectivity index (χ0v) is 19.1. The average molecular weight is 471 g/mol. The lowest BCUT2D eigenvalue weighted by atomic mass is 10.1. The van der Waals surface area contributed by atoms with Gasteiger partial charge in [-0.1, -0.05) is 23.7 Å². The molecule has 3 aromatic rings. The van der Waals surface area contributed by atoms with Crippen LogP contribution < -0.4 is 9.64 Å². The van der Waals surface area contributed by atoms with Crippen molar-refractivity contribution in [3.05, 3.63) is 83.4 Å². The Labute approximate surface area is 194 Å². The standard InChI is InChI=1S/C24H23ClN2O4S/c1-32(30)14-13-26-16-23(17-3-2-4-20(28)15-17)27(24(26)29)19-7-11-22(12-8-19)31-21-9-5-18(25)6-10-21/h2-12,15,23,28H,13-14,16H2,1H3. The minimum Gasteiger partial charge on any atom is -0.508 e. The number of carbonyl (C=O) groups is 1. The number of phenolic OH excluding ortho intramolecular Hbond substituents is 1. The van der Waals surface area contributed by atoms with Gasteiger partial charge >= 0.3 is 6.03 Å². The maximum absolute atomic E-state index is 13.2. The van der Waals surface area contributed by atoms with Gasteiger partial charge in [-0.3, -0.25) is 9.11 Å². The van der Waals surface area contributed by atoms with Crippen LogP contribution in [0.5, 0.6) is 17.2 Å². The van der Waals surface area contributed by atoms with Crippen LogP contribution in [0.3, 0.4) is 0 Å². The number of halogens is 1. The maximum atomic E-state index is 13.2. The van der Waals surface area contributed by atoms with Crippen LogP contribution in [0, 0.1) is 0 Å². The monoisotopic (exact) mass is 470 g/mol. The minimum absolute atomic E-state index is 0.148. The summed E-state index contributed by atoms with van der Waals surface area (Å²) in [5.41, 5.74) is 1.55. The largest absolute Gasteiger partial charge is 0.508 e. The first kappa shape index (κ1) is 22.2. The van der Waals surface area contributed by atoms with Crippen LogP contribution in [0.15, 0.2) is 72.8 Å². The first-order valence-electron chi connectivity index (χ1n) is 10.1. The molecule has 8 heteroatoms. The van der Waals surface area contributed by atoms with E-state index in [0.717, 1.165) is 5.56 Å². The van der Waals surface area contributed by atoms with Gasteiger partial charge < -0.3 is 14.7 Å².